The normalized spacial score (nSPS) is 22.0. The molecule has 0 aromatic heterocycles. The Morgan fingerprint density at radius 1 is 1.50 bits per heavy atom. The first-order valence-electron chi connectivity index (χ1n) is 6.26. The van der Waals surface area contributed by atoms with Crippen LogP contribution < -0.4 is 0 Å². The average Bonchev–Trinajstić information content (AvgIpc) is 2.15. The Kier molecular flexibility index (Phi) is 4.17. The Morgan fingerprint density at radius 3 is 2.62 bits per heavy atom. The molecule has 1 N–H and O–H groups in total. The monoisotopic (exact) mass is 224 g/mol. The molecule has 0 aromatic rings. The van der Waals surface area contributed by atoms with Crippen LogP contribution in [0.5, 0.6) is 0 Å². The number of hydrogen-bond donors (Lipinski definition) is 1. The van der Waals surface area contributed by atoms with Crippen molar-refractivity contribution in [3.63, 3.8) is 0 Å². The Labute approximate surface area is 98.7 Å². The Bertz CT molecular complexity index is 300. The second-order valence-corrected chi connectivity index (χ2v) is 5.77. The number of hydrogen-bond acceptors (Lipinski definition) is 1. The van der Waals surface area contributed by atoms with E-state index in [0.717, 1.165) is 12.8 Å². The number of allylic oxidation sites excluding steroid dienone is 2. The molecule has 0 bridgehead atoms. The maximum atomic E-state index is 10.8. The number of rotatable bonds is 4. The van der Waals surface area contributed by atoms with Crippen molar-refractivity contribution in [2.45, 2.75) is 59.8 Å². The molecular formula is C14H24O2. The largest absolute Gasteiger partial charge is 0.481 e. The average molecular weight is 224 g/mol. The van der Waals surface area contributed by atoms with E-state index >= 15 is 0 Å². The molecule has 16 heavy (non-hydrogen) atoms. The van der Waals surface area contributed by atoms with Gasteiger partial charge in [0.1, 0.15) is 0 Å². The summed E-state index contributed by atoms with van der Waals surface area (Å²) < 4.78 is 0. The maximum Gasteiger partial charge on any atom is 0.306 e. The summed E-state index contributed by atoms with van der Waals surface area (Å²) in [6.45, 7) is 8.59. The topological polar surface area (TPSA) is 37.3 Å². The van der Waals surface area contributed by atoms with Crippen LogP contribution in [0, 0.1) is 11.3 Å². The number of carboxylic acids is 1. The van der Waals surface area contributed by atoms with Crippen LogP contribution in [-0.4, -0.2) is 11.1 Å². The molecule has 1 atom stereocenters. The molecule has 0 fully saturated rings. The first-order chi connectivity index (χ1) is 7.34. The Balaban J connectivity index is 2.67. The van der Waals surface area contributed by atoms with Crippen molar-refractivity contribution < 1.29 is 9.90 Å². The summed E-state index contributed by atoms with van der Waals surface area (Å²) in [4.78, 5) is 10.8. The highest BCUT2D eigenvalue weighted by Gasteiger charge is 2.28. The predicted octanol–water partition coefficient (Wildman–Crippen LogP) is 4.01. The van der Waals surface area contributed by atoms with Gasteiger partial charge in [-0.3, -0.25) is 4.79 Å². The summed E-state index contributed by atoms with van der Waals surface area (Å²) in [5.41, 5.74) is 3.28. The fourth-order valence-corrected chi connectivity index (χ4v) is 2.71. The molecule has 0 radical (unpaired) electrons. The summed E-state index contributed by atoms with van der Waals surface area (Å²) in [7, 11) is 0. The van der Waals surface area contributed by atoms with Crippen LogP contribution in [0.15, 0.2) is 11.1 Å². The van der Waals surface area contributed by atoms with Crippen LogP contribution in [0.4, 0.5) is 0 Å². The molecule has 0 aromatic carbocycles. The molecule has 0 heterocycles. The summed E-state index contributed by atoms with van der Waals surface area (Å²) in [5.74, 6) is -0.898. The Hall–Kier alpha value is -0.790. The highest BCUT2D eigenvalue weighted by Crippen LogP contribution is 2.42. The van der Waals surface area contributed by atoms with Crippen LogP contribution in [0.1, 0.15) is 59.8 Å². The fourth-order valence-electron chi connectivity index (χ4n) is 2.71. The van der Waals surface area contributed by atoms with Crippen LogP contribution >= 0.6 is 0 Å². The van der Waals surface area contributed by atoms with Crippen molar-refractivity contribution in [2.24, 2.45) is 11.3 Å². The first-order valence-corrected chi connectivity index (χ1v) is 6.26. The lowest BCUT2D eigenvalue weighted by atomic mass is 9.71. The molecular weight excluding hydrogens is 200 g/mol. The van der Waals surface area contributed by atoms with E-state index in [4.69, 9.17) is 5.11 Å². The van der Waals surface area contributed by atoms with E-state index in [-0.39, 0.29) is 11.3 Å². The van der Waals surface area contributed by atoms with Crippen molar-refractivity contribution in [1.29, 1.82) is 0 Å². The van der Waals surface area contributed by atoms with Gasteiger partial charge in [-0.2, -0.15) is 0 Å². The fraction of sp³-hybridized carbons (Fsp3) is 0.786. The molecule has 0 saturated carbocycles. The summed E-state index contributed by atoms with van der Waals surface area (Å²) >= 11 is 0. The summed E-state index contributed by atoms with van der Waals surface area (Å²) in [5, 5.41) is 8.89. The van der Waals surface area contributed by atoms with Crippen molar-refractivity contribution in [1.82, 2.24) is 0 Å². The number of carbonyl (C=O) groups is 1. The van der Waals surface area contributed by atoms with Gasteiger partial charge in [-0.15, -0.1) is 0 Å². The zero-order chi connectivity index (χ0) is 12.3. The van der Waals surface area contributed by atoms with Gasteiger partial charge in [0.2, 0.25) is 0 Å². The van der Waals surface area contributed by atoms with Crippen molar-refractivity contribution in [3.05, 3.63) is 11.1 Å². The third-order valence-electron chi connectivity index (χ3n) is 3.93. The van der Waals surface area contributed by atoms with Crippen molar-refractivity contribution in [2.75, 3.05) is 0 Å². The standard InChI is InChI=1S/C14H24O2/c1-10-6-5-9-14(3,4)12(10)8-7-11(2)13(15)16/h11H,5-9H2,1-4H3,(H,15,16)/t11-/m0/s1. The summed E-state index contributed by atoms with van der Waals surface area (Å²) in [6.07, 6.45) is 5.43. The molecule has 0 saturated heterocycles. The second kappa shape index (κ2) is 5.03. The molecule has 1 aliphatic carbocycles. The first kappa shape index (κ1) is 13.3. The van der Waals surface area contributed by atoms with Crippen LogP contribution in [0.2, 0.25) is 0 Å². The van der Waals surface area contributed by atoms with Crippen molar-refractivity contribution in [3.8, 4) is 0 Å². The van der Waals surface area contributed by atoms with E-state index < -0.39 is 5.97 Å². The maximum absolute atomic E-state index is 10.8. The minimum Gasteiger partial charge on any atom is -0.481 e. The zero-order valence-corrected chi connectivity index (χ0v) is 11.0. The van der Waals surface area contributed by atoms with Gasteiger partial charge in [0.15, 0.2) is 0 Å². The van der Waals surface area contributed by atoms with Gasteiger partial charge < -0.3 is 5.11 Å². The van der Waals surface area contributed by atoms with Crippen molar-refractivity contribution >= 4 is 5.97 Å². The van der Waals surface area contributed by atoms with E-state index in [1.54, 1.807) is 6.92 Å². The van der Waals surface area contributed by atoms with E-state index in [2.05, 4.69) is 20.8 Å². The zero-order valence-electron chi connectivity index (χ0n) is 11.0. The third-order valence-corrected chi connectivity index (χ3v) is 3.93. The van der Waals surface area contributed by atoms with Crippen LogP contribution in [0.25, 0.3) is 0 Å². The lowest BCUT2D eigenvalue weighted by molar-refractivity contribution is -0.141. The SMILES string of the molecule is CC1=C(CC[C@H](C)C(=O)O)C(C)(C)CCC1. The van der Waals surface area contributed by atoms with Crippen LogP contribution in [-0.2, 0) is 4.79 Å². The predicted molar refractivity (Wildman–Crippen MR) is 66.4 cm³/mol. The van der Waals surface area contributed by atoms with Gasteiger partial charge in [-0.25, -0.2) is 0 Å². The minimum absolute atomic E-state index is 0.224. The Morgan fingerprint density at radius 2 is 2.12 bits per heavy atom. The van der Waals surface area contributed by atoms with Gasteiger partial charge in [0, 0.05) is 0 Å². The molecule has 2 heteroatoms. The number of carboxylic acid groups (broad SMARTS) is 1. The number of aliphatic carboxylic acids is 1. The summed E-state index contributed by atoms with van der Waals surface area (Å²) in [6, 6.07) is 0. The molecule has 92 valence electrons. The van der Waals surface area contributed by atoms with Gasteiger partial charge >= 0.3 is 5.97 Å². The molecule has 0 amide bonds. The molecule has 0 spiro atoms. The third kappa shape index (κ3) is 3.10. The second-order valence-electron chi connectivity index (χ2n) is 5.77. The molecule has 0 unspecified atom stereocenters. The van der Waals surface area contributed by atoms with E-state index in [0.29, 0.717) is 0 Å². The van der Waals surface area contributed by atoms with Gasteiger partial charge in [0.05, 0.1) is 5.92 Å². The smallest absolute Gasteiger partial charge is 0.306 e. The molecule has 0 aliphatic heterocycles. The molecule has 2 nitrogen and oxygen atoms in total. The lowest BCUT2D eigenvalue weighted by Gasteiger charge is -2.35. The highest BCUT2D eigenvalue weighted by atomic mass is 16.4. The van der Waals surface area contributed by atoms with E-state index in [1.807, 2.05) is 0 Å². The van der Waals surface area contributed by atoms with E-state index in [9.17, 15) is 4.79 Å². The van der Waals surface area contributed by atoms with Gasteiger partial charge in [-0.1, -0.05) is 31.9 Å². The highest BCUT2D eigenvalue weighted by molar-refractivity contribution is 5.69. The molecule has 1 aliphatic rings. The minimum atomic E-state index is -0.674. The van der Waals surface area contributed by atoms with E-state index in [1.165, 1.54) is 30.4 Å². The van der Waals surface area contributed by atoms with Gasteiger partial charge in [-0.05, 0) is 44.4 Å². The van der Waals surface area contributed by atoms with Gasteiger partial charge in [0.25, 0.3) is 0 Å². The lowest BCUT2D eigenvalue weighted by Crippen LogP contribution is -2.21. The van der Waals surface area contributed by atoms with Crippen LogP contribution in [0.3, 0.4) is 0 Å². The quantitative estimate of drug-likeness (QED) is 0.732. The molecule has 1 rings (SSSR count).